The van der Waals surface area contributed by atoms with Gasteiger partial charge in [-0.3, -0.25) is 38.7 Å². The van der Waals surface area contributed by atoms with E-state index in [1.165, 1.54) is 0 Å². The number of nitrogens with zero attached hydrogens (tertiary/aromatic N) is 3. The predicted octanol–water partition coefficient (Wildman–Crippen LogP) is 2.19. The summed E-state index contributed by atoms with van der Waals surface area (Å²) in [4.78, 5) is 69.0. The number of hydrogen-bond acceptors (Lipinski definition) is 13. The summed E-state index contributed by atoms with van der Waals surface area (Å²) in [6.07, 6.45) is 0.896. The van der Waals surface area contributed by atoms with Crippen molar-refractivity contribution in [1.82, 2.24) is 14.7 Å². The van der Waals surface area contributed by atoms with E-state index in [1.807, 2.05) is 77.0 Å². The highest BCUT2D eigenvalue weighted by molar-refractivity contribution is 5.76. The molecule has 0 aliphatic carbocycles. The van der Waals surface area contributed by atoms with Crippen LogP contribution in [-0.4, -0.2) is 121 Å². The van der Waals surface area contributed by atoms with Crippen molar-refractivity contribution in [3.63, 3.8) is 0 Å². The van der Waals surface area contributed by atoms with E-state index < -0.39 is 33.7 Å². The number of esters is 3. The second kappa shape index (κ2) is 16.7. The molecule has 0 amide bonds. The van der Waals surface area contributed by atoms with E-state index >= 15 is 0 Å². The maximum Gasteiger partial charge on any atom is 0.323 e. The van der Waals surface area contributed by atoms with Crippen LogP contribution in [0, 0.1) is 0 Å². The molecule has 1 aromatic rings. The SMILES string of the molecule is CCOc1c(NCCCC(C(=O)OC(C)(C)C)N2CCN(CC(=O)OC(C)(C)C)CCN(CC(=O)OC(C)(C)C)CC2)c(=O)c1=O. The lowest BCUT2D eigenvalue weighted by Gasteiger charge is -2.34. The molecule has 0 bridgehead atoms. The fraction of sp³-hybridized carbons (Fsp3) is 0.788. The molecule has 1 atom stereocenters. The van der Waals surface area contributed by atoms with Crippen molar-refractivity contribution >= 4 is 23.6 Å². The van der Waals surface area contributed by atoms with Crippen LogP contribution in [0.25, 0.3) is 0 Å². The Morgan fingerprint density at radius 1 is 0.717 bits per heavy atom. The van der Waals surface area contributed by atoms with Crippen LogP contribution < -0.4 is 20.9 Å². The Morgan fingerprint density at radius 3 is 1.61 bits per heavy atom. The Balaban J connectivity index is 2.26. The van der Waals surface area contributed by atoms with Crippen molar-refractivity contribution in [2.24, 2.45) is 0 Å². The van der Waals surface area contributed by atoms with Gasteiger partial charge >= 0.3 is 17.9 Å². The molecule has 1 aliphatic rings. The van der Waals surface area contributed by atoms with E-state index in [1.54, 1.807) is 6.92 Å². The van der Waals surface area contributed by atoms with Crippen molar-refractivity contribution in [2.45, 2.75) is 105 Å². The molecule has 0 aromatic heterocycles. The Labute approximate surface area is 273 Å². The van der Waals surface area contributed by atoms with Gasteiger partial charge in [-0.2, -0.15) is 0 Å². The molecule has 1 aliphatic heterocycles. The second-order valence-electron chi connectivity index (χ2n) is 14.7. The number of carbonyl (C=O) groups excluding carboxylic acids is 3. The third kappa shape index (κ3) is 13.8. The summed E-state index contributed by atoms with van der Waals surface area (Å²) >= 11 is 0. The van der Waals surface area contributed by atoms with Crippen molar-refractivity contribution in [1.29, 1.82) is 0 Å². The number of carbonyl (C=O) groups is 3. The first kappa shape index (κ1) is 39.1. The summed E-state index contributed by atoms with van der Waals surface area (Å²) in [6.45, 7) is 21.8. The number of anilines is 1. The summed E-state index contributed by atoms with van der Waals surface area (Å²) in [5.74, 6) is -1.03. The van der Waals surface area contributed by atoms with Gasteiger partial charge in [-0.1, -0.05) is 0 Å². The lowest BCUT2D eigenvalue weighted by molar-refractivity contribution is -0.163. The van der Waals surface area contributed by atoms with Crippen LogP contribution in [0.2, 0.25) is 0 Å². The summed E-state index contributed by atoms with van der Waals surface area (Å²) in [5, 5.41) is 3.00. The van der Waals surface area contributed by atoms with Crippen LogP contribution in [0.15, 0.2) is 9.59 Å². The average Bonchev–Trinajstić information content (AvgIpc) is 2.97. The Kier molecular flexibility index (Phi) is 14.2. The molecule has 262 valence electrons. The van der Waals surface area contributed by atoms with E-state index in [2.05, 4.69) is 5.32 Å². The summed E-state index contributed by atoms with van der Waals surface area (Å²) in [7, 11) is 0. The minimum absolute atomic E-state index is 0.0476. The molecule has 1 unspecified atom stereocenters. The molecule has 2 rings (SSSR count). The Morgan fingerprint density at radius 2 is 1.17 bits per heavy atom. The number of nitrogens with one attached hydrogen (secondary N) is 1. The molecule has 46 heavy (non-hydrogen) atoms. The van der Waals surface area contributed by atoms with Crippen molar-refractivity contribution in [3.05, 3.63) is 20.4 Å². The zero-order valence-corrected chi connectivity index (χ0v) is 29.6. The topological polar surface area (TPSA) is 144 Å². The van der Waals surface area contributed by atoms with E-state index in [0.717, 1.165) is 0 Å². The van der Waals surface area contributed by atoms with Gasteiger partial charge in [-0.05, 0) is 82.1 Å². The first-order chi connectivity index (χ1) is 21.2. The quantitative estimate of drug-likeness (QED) is 0.144. The van der Waals surface area contributed by atoms with E-state index in [0.29, 0.717) is 58.7 Å². The molecular formula is C33H56N4O9. The molecule has 1 heterocycles. The van der Waals surface area contributed by atoms with Gasteiger partial charge in [0.15, 0.2) is 5.75 Å². The number of rotatable bonds is 13. The lowest BCUT2D eigenvalue weighted by Crippen LogP contribution is -2.49. The largest absolute Gasteiger partial charge is 0.488 e. The molecule has 0 spiro atoms. The Hall–Kier alpha value is -3.03. The number of ether oxygens (including phenoxy) is 4. The van der Waals surface area contributed by atoms with Crippen molar-refractivity contribution in [3.8, 4) is 5.75 Å². The highest BCUT2D eigenvalue weighted by Gasteiger charge is 2.33. The van der Waals surface area contributed by atoms with Crippen LogP contribution in [0.1, 0.15) is 82.1 Å². The second-order valence-corrected chi connectivity index (χ2v) is 14.7. The van der Waals surface area contributed by atoms with E-state index in [-0.39, 0.29) is 49.0 Å². The van der Waals surface area contributed by atoms with Gasteiger partial charge in [0.1, 0.15) is 28.5 Å². The zero-order valence-electron chi connectivity index (χ0n) is 29.6. The lowest BCUT2D eigenvalue weighted by atomic mass is 10.1. The summed E-state index contributed by atoms with van der Waals surface area (Å²) in [5.41, 5.74) is -3.05. The van der Waals surface area contributed by atoms with Gasteiger partial charge in [-0.25, -0.2) is 0 Å². The number of hydrogen-bond donors (Lipinski definition) is 1. The van der Waals surface area contributed by atoms with Gasteiger partial charge in [-0.15, -0.1) is 0 Å². The maximum atomic E-state index is 13.6. The molecule has 13 heteroatoms. The third-order valence-corrected chi connectivity index (χ3v) is 6.92. The Bertz CT molecular complexity index is 1190. The van der Waals surface area contributed by atoms with Crippen LogP contribution in [0.4, 0.5) is 5.69 Å². The minimum Gasteiger partial charge on any atom is -0.488 e. The molecule has 1 N–H and O–H groups in total. The minimum atomic E-state index is -0.714. The van der Waals surface area contributed by atoms with Crippen LogP contribution >= 0.6 is 0 Å². The normalized spacial score (nSPS) is 17.0. The highest BCUT2D eigenvalue weighted by atomic mass is 16.6. The van der Waals surface area contributed by atoms with Gasteiger partial charge in [0.2, 0.25) is 0 Å². The molecule has 1 saturated heterocycles. The van der Waals surface area contributed by atoms with Gasteiger partial charge in [0.05, 0.1) is 19.7 Å². The van der Waals surface area contributed by atoms with Crippen molar-refractivity contribution in [2.75, 3.05) is 70.8 Å². The van der Waals surface area contributed by atoms with Crippen LogP contribution in [0.5, 0.6) is 5.75 Å². The van der Waals surface area contributed by atoms with Gasteiger partial charge < -0.3 is 24.3 Å². The van der Waals surface area contributed by atoms with Gasteiger partial charge in [0.25, 0.3) is 10.9 Å². The van der Waals surface area contributed by atoms with Crippen LogP contribution in [0.3, 0.4) is 0 Å². The molecule has 1 fully saturated rings. The highest BCUT2D eigenvalue weighted by Crippen LogP contribution is 2.20. The molecule has 1 aromatic carbocycles. The molecule has 0 radical (unpaired) electrons. The maximum absolute atomic E-state index is 13.6. The molecule has 0 saturated carbocycles. The smallest absolute Gasteiger partial charge is 0.323 e. The van der Waals surface area contributed by atoms with E-state index in [4.69, 9.17) is 18.9 Å². The van der Waals surface area contributed by atoms with Crippen LogP contribution in [-0.2, 0) is 28.6 Å². The fourth-order valence-electron chi connectivity index (χ4n) is 5.04. The first-order valence-electron chi connectivity index (χ1n) is 16.2. The van der Waals surface area contributed by atoms with Gasteiger partial charge in [0, 0.05) is 45.8 Å². The zero-order chi connectivity index (χ0) is 34.9. The fourth-order valence-corrected chi connectivity index (χ4v) is 5.04. The first-order valence-corrected chi connectivity index (χ1v) is 16.2. The summed E-state index contributed by atoms with van der Waals surface area (Å²) < 4.78 is 22.3. The monoisotopic (exact) mass is 652 g/mol. The third-order valence-electron chi connectivity index (χ3n) is 6.92. The average molecular weight is 653 g/mol. The summed E-state index contributed by atoms with van der Waals surface area (Å²) in [6, 6.07) is -0.634. The molecular weight excluding hydrogens is 596 g/mol. The predicted molar refractivity (Wildman–Crippen MR) is 176 cm³/mol. The van der Waals surface area contributed by atoms with E-state index in [9.17, 15) is 24.0 Å². The molecule has 13 nitrogen and oxygen atoms in total. The van der Waals surface area contributed by atoms with Crippen molar-refractivity contribution < 1.29 is 33.3 Å². The standard InChI is InChI=1S/C33H56N4O9/c1-11-43-29-26(27(40)28(29)41)34-14-12-13-23(30(42)46-33(8,9)10)37-19-17-35(21-24(38)44-31(2,3)4)15-16-36(18-20-37)22-25(39)45-32(5,6)7/h23,34H,11-22H2,1-10H3.